The molecule has 0 aliphatic heterocycles. The van der Waals surface area contributed by atoms with Gasteiger partial charge in [0, 0.05) is 21.1 Å². The summed E-state index contributed by atoms with van der Waals surface area (Å²) in [5.41, 5.74) is 2.32. The first kappa shape index (κ1) is 14.3. The van der Waals surface area contributed by atoms with Crippen LogP contribution in [0.25, 0.3) is 11.0 Å². The summed E-state index contributed by atoms with van der Waals surface area (Å²) >= 11 is 1.94. The number of thioether (sulfide) groups is 1. The molecule has 0 bridgehead atoms. The smallest absolute Gasteiger partial charge is 0.134 e. The average molecular weight is 296 g/mol. The van der Waals surface area contributed by atoms with E-state index in [-0.39, 0.29) is 0 Å². The van der Waals surface area contributed by atoms with Gasteiger partial charge in [-0.05, 0) is 24.6 Å². The molecular formula is C19H20OS. The summed E-state index contributed by atoms with van der Waals surface area (Å²) in [6.45, 7) is 2.25. The average Bonchev–Trinajstić information content (AvgIpc) is 2.96. The van der Waals surface area contributed by atoms with Gasteiger partial charge < -0.3 is 4.42 Å². The van der Waals surface area contributed by atoms with E-state index in [0.717, 1.165) is 5.58 Å². The van der Waals surface area contributed by atoms with Crippen LogP contribution in [-0.4, -0.2) is 0 Å². The van der Waals surface area contributed by atoms with Crippen LogP contribution in [0, 0.1) is 0 Å². The van der Waals surface area contributed by atoms with Gasteiger partial charge in [0.15, 0.2) is 0 Å². The summed E-state index contributed by atoms with van der Waals surface area (Å²) < 4.78 is 5.73. The molecule has 3 rings (SSSR count). The second kappa shape index (κ2) is 6.86. The predicted octanol–water partition coefficient (Wildman–Crippen LogP) is 6.46. The van der Waals surface area contributed by atoms with Crippen LogP contribution in [0.3, 0.4) is 0 Å². The van der Waals surface area contributed by atoms with Gasteiger partial charge in [-0.3, -0.25) is 0 Å². The molecule has 3 aromatic rings. The summed E-state index contributed by atoms with van der Waals surface area (Å²) in [5, 5.41) is 1.71. The number of fused-ring (bicyclic) bond motifs is 1. The number of hydrogen-bond acceptors (Lipinski definition) is 2. The third kappa shape index (κ3) is 3.33. The number of rotatable bonds is 6. The van der Waals surface area contributed by atoms with Gasteiger partial charge in [-0.15, -0.1) is 11.8 Å². The molecule has 2 heteroatoms. The van der Waals surface area contributed by atoms with E-state index in [9.17, 15) is 0 Å². The molecule has 0 N–H and O–H groups in total. The highest BCUT2D eigenvalue weighted by Crippen LogP contribution is 2.42. The summed E-state index contributed by atoms with van der Waals surface area (Å²) in [7, 11) is 0. The molecule has 2 aromatic carbocycles. The Balaban J connectivity index is 1.91. The molecule has 0 aliphatic carbocycles. The lowest BCUT2D eigenvalue weighted by Crippen LogP contribution is -1.93. The van der Waals surface area contributed by atoms with Gasteiger partial charge in [0.1, 0.15) is 5.58 Å². The Bertz CT molecular complexity index is 687. The van der Waals surface area contributed by atoms with E-state index in [2.05, 4.69) is 49.4 Å². The highest BCUT2D eigenvalue weighted by molar-refractivity contribution is 7.99. The molecule has 0 radical (unpaired) electrons. The summed E-state index contributed by atoms with van der Waals surface area (Å²) in [6, 6.07) is 19.0. The van der Waals surface area contributed by atoms with E-state index in [1.54, 1.807) is 0 Å². The maximum absolute atomic E-state index is 5.73. The maximum Gasteiger partial charge on any atom is 0.134 e. The zero-order valence-electron chi connectivity index (χ0n) is 12.3. The highest BCUT2D eigenvalue weighted by atomic mass is 32.2. The first-order valence-electron chi connectivity index (χ1n) is 7.56. The van der Waals surface area contributed by atoms with Crippen LogP contribution >= 0.6 is 11.8 Å². The van der Waals surface area contributed by atoms with Gasteiger partial charge in [0.2, 0.25) is 0 Å². The zero-order chi connectivity index (χ0) is 14.5. The van der Waals surface area contributed by atoms with E-state index in [4.69, 9.17) is 4.42 Å². The molecule has 1 aromatic heterocycles. The molecular weight excluding hydrogens is 276 g/mol. The van der Waals surface area contributed by atoms with E-state index in [0.29, 0.717) is 5.25 Å². The Morgan fingerprint density at radius 3 is 2.57 bits per heavy atom. The number of furan rings is 1. The van der Waals surface area contributed by atoms with Crippen LogP contribution < -0.4 is 0 Å². The fraction of sp³-hybridized carbons (Fsp3) is 0.263. The number of unbranched alkanes of at least 4 members (excludes halogenated alkanes) is 1. The Labute approximate surface area is 130 Å². The first-order valence-corrected chi connectivity index (χ1v) is 8.44. The van der Waals surface area contributed by atoms with Crippen molar-refractivity contribution in [2.24, 2.45) is 0 Å². The Kier molecular flexibility index (Phi) is 4.66. The minimum Gasteiger partial charge on any atom is -0.464 e. The van der Waals surface area contributed by atoms with E-state index < -0.39 is 0 Å². The molecule has 1 atom stereocenters. The molecule has 0 saturated carbocycles. The van der Waals surface area contributed by atoms with Crippen LogP contribution in [-0.2, 0) is 0 Å². The van der Waals surface area contributed by atoms with Crippen molar-refractivity contribution in [3.8, 4) is 0 Å². The van der Waals surface area contributed by atoms with Crippen molar-refractivity contribution in [2.75, 3.05) is 0 Å². The summed E-state index contributed by atoms with van der Waals surface area (Å²) in [6.07, 6.45) is 5.59. The highest BCUT2D eigenvalue weighted by Gasteiger charge is 2.17. The fourth-order valence-electron chi connectivity index (χ4n) is 2.58. The van der Waals surface area contributed by atoms with Crippen molar-refractivity contribution in [3.63, 3.8) is 0 Å². The van der Waals surface area contributed by atoms with Crippen LogP contribution in [0.4, 0.5) is 0 Å². The molecule has 21 heavy (non-hydrogen) atoms. The van der Waals surface area contributed by atoms with Gasteiger partial charge in [-0.25, -0.2) is 0 Å². The lowest BCUT2D eigenvalue weighted by molar-refractivity contribution is 0.605. The molecule has 0 fully saturated rings. The molecule has 1 nitrogen and oxygen atoms in total. The molecule has 0 saturated heterocycles. The van der Waals surface area contributed by atoms with Gasteiger partial charge in [0.25, 0.3) is 0 Å². The van der Waals surface area contributed by atoms with Crippen molar-refractivity contribution in [2.45, 2.75) is 36.3 Å². The fourth-order valence-corrected chi connectivity index (χ4v) is 3.82. The van der Waals surface area contributed by atoms with Crippen LogP contribution in [0.5, 0.6) is 0 Å². The van der Waals surface area contributed by atoms with Gasteiger partial charge in [0.05, 0.1) is 6.26 Å². The van der Waals surface area contributed by atoms with Gasteiger partial charge >= 0.3 is 0 Å². The van der Waals surface area contributed by atoms with E-state index in [1.807, 2.05) is 30.2 Å². The van der Waals surface area contributed by atoms with Crippen molar-refractivity contribution in [3.05, 3.63) is 66.4 Å². The summed E-state index contributed by atoms with van der Waals surface area (Å²) in [5.74, 6) is 0. The largest absolute Gasteiger partial charge is 0.464 e. The van der Waals surface area contributed by atoms with E-state index >= 15 is 0 Å². The second-order valence-corrected chi connectivity index (χ2v) is 6.53. The Morgan fingerprint density at radius 2 is 1.76 bits per heavy atom. The predicted molar refractivity (Wildman–Crippen MR) is 90.8 cm³/mol. The normalized spacial score (nSPS) is 12.6. The number of hydrogen-bond donors (Lipinski definition) is 0. The van der Waals surface area contributed by atoms with Crippen LogP contribution in [0.2, 0.25) is 0 Å². The minimum absolute atomic E-state index is 0.455. The monoisotopic (exact) mass is 296 g/mol. The number of benzene rings is 2. The molecule has 0 aliphatic rings. The van der Waals surface area contributed by atoms with Crippen LogP contribution in [0.15, 0.2) is 70.2 Å². The third-order valence-corrected chi connectivity index (χ3v) is 5.02. The van der Waals surface area contributed by atoms with Crippen LogP contribution in [0.1, 0.15) is 37.0 Å². The zero-order valence-corrected chi connectivity index (χ0v) is 13.1. The van der Waals surface area contributed by atoms with Gasteiger partial charge in [-0.2, -0.15) is 0 Å². The summed E-state index contributed by atoms with van der Waals surface area (Å²) in [4.78, 5) is 1.32. The van der Waals surface area contributed by atoms with Gasteiger partial charge in [-0.1, -0.05) is 56.2 Å². The second-order valence-electron chi connectivity index (χ2n) is 5.25. The molecule has 1 heterocycles. The van der Waals surface area contributed by atoms with Crippen molar-refractivity contribution >= 4 is 22.7 Å². The first-order chi connectivity index (χ1) is 10.4. The Morgan fingerprint density at radius 1 is 1.00 bits per heavy atom. The topological polar surface area (TPSA) is 13.1 Å². The SMILES string of the molecule is CCCCC(Sc1ccccc1)c1coc2ccccc12. The minimum atomic E-state index is 0.455. The lowest BCUT2D eigenvalue weighted by Gasteiger charge is -2.15. The molecule has 1 unspecified atom stereocenters. The third-order valence-electron chi connectivity index (χ3n) is 3.70. The maximum atomic E-state index is 5.73. The molecule has 108 valence electrons. The van der Waals surface area contributed by atoms with Crippen molar-refractivity contribution < 1.29 is 4.42 Å². The lowest BCUT2D eigenvalue weighted by atomic mass is 10.1. The molecule has 0 spiro atoms. The van der Waals surface area contributed by atoms with Crippen molar-refractivity contribution in [1.29, 1.82) is 0 Å². The number of para-hydroxylation sites is 1. The standard InChI is InChI=1S/C19H20OS/c1-2-3-13-19(21-15-9-5-4-6-10-15)17-14-20-18-12-8-7-11-16(17)18/h4-12,14,19H,2-3,13H2,1H3. The quantitative estimate of drug-likeness (QED) is 0.484. The molecule has 0 amide bonds. The van der Waals surface area contributed by atoms with E-state index in [1.165, 1.54) is 35.1 Å². The Hall–Kier alpha value is -1.67. The van der Waals surface area contributed by atoms with Crippen molar-refractivity contribution in [1.82, 2.24) is 0 Å².